The Morgan fingerprint density at radius 2 is 2.00 bits per heavy atom. The van der Waals surface area contributed by atoms with E-state index in [1.165, 1.54) is 19.3 Å². The van der Waals surface area contributed by atoms with Gasteiger partial charge >= 0.3 is 0 Å². The van der Waals surface area contributed by atoms with E-state index in [1.807, 2.05) is 36.4 Å². The molecule has 2 aromatic carbocycles. The van der Waals surface area contributed by atoms with Crippen molar-refractivity contribution in [2.24, 2.45) is 0 Å². The second kappa shape index (κ2) is 7.92. The number of aromatic nitrogens is 2. The topological polar surface area (TPSA) is 65.4 Å². The molecule has 0 fully saturated rings. The normalized spacial score (nSPS) is 13.6. The molecule has 6 heteroatoms. The van der Waals surface area contributed by atoms with Gasteiger partial charge in [-0.25, -0.2) is 4.98 Å². The first-order valence-electron chi connectivity index (χ1n) is 9.68. The highest BCUT2D eigenvalue weighted by Crippen LogP contribution is 2.25. The van der Waals surface area contributed by atoms with Gasteiger partial charge in [-0.15, -0.1) is 0 Å². The van der Waals surface area contributed by atoms with Crippen LogP contribution in [0.5, 0.6) is 11.5 Å². The van der Waals surface area contributed by atoms with Crippen LogP contribution in [0.4, 0.5) is 0 Å². The SMILES string of the molecule is COc1ccc(CNC(=O)c2ccc3c(c2)nc2n3CCCCC2)c(OC)c1. The van der Waals surface area contributed by atoms with E-state index in [9.17, 15) is 4.79 Å². The predicted octanol–water partition coefficient (Wildman–Crippen LogP) is 3.71. The van der Waals surface area contributed by atoms with Gasteiger partial charge in [0.2, 0.25) is 0 Å². The molecule has 2 heterocycles. The molecule has 3 aromatic rings. The number of fused-ring (bicyclic) bond motifs is 3. The van der Waals surface area contributed by atoms with Crippen molar-refractivity contribution < 1.29 is 14.3 Å². The summed E-state index contributed by atoms with van der Waals surface area (Å²) in [4.78, 5) is 17.4. The number of benzene rings is 2. The maximum Gasteiger partial charge on any atom is 0.251 e. The van der Waals surface area contributed by atoms with E-state index in [4.69, 9.17) is 14.5 Å². The van der Waals surface area contributed by atoms with Crippen molar-refractivity contribution in [3.05, 3.63) is 53.3 Å². The quantitative estimate of drug-likeness (QED) is 0.734. The summed E-state index contributed by atoms with van der Waals surface area (Å²) in [5.41, 5.74) is 3.52. The molecule has 0 spiro atoms. The van der Waals surface area contributed by atoms with E-state index < -0.39 is 0 Å². The number of nitrogens with one attached hydrogen (secondary N) is 1. The fraction of sp³-hybridized carbons (Fsp3) is 0.364. The number of hydrogen-bond donors (Lipinski definition) is 1. The standard InChI is InChI=1S/C22H25N3O3/c1-27-17-9-7-16(20(13-17)28-2)14-23-22(26)15-8-10-19-18(12-15)24-21-6-4-3-5-11-25(19)21/h7-10,12-13H,3-6,11,14H2,1-2H3,(H,23,26). The summed E-state index contributed by atoms with van der Waals surface area (Å²) < 4.78 is 12.9. The number of imidazole rings is 1. The first-order chi connectivity index (χ1) is 13.7. The molecule has 4 rings (SSSR count). The summed E-state index contributed by atoms with van der Waals surface area (Å²) in [5, 5.41) is 2.97. The summed E-state index contributed by atoms with van der Waals surface area (Å²) in [5.74, 6) is 2.42. The molecule has 0 aliphatic carbocycles. The lowest BCUT2D eigenvalue weighted by Crippen LogP contribution is -2.23. The van der Waals surface area contributed by atoms with E-state index in [0.717, 1.165) is 41.1 Å². The van der Waals surface area contributed by atoms with Crippen LogP contribution in [0.1, 0.15) is 41.0 Å². The highest BCUT2D eigenvalue weighted by Gasteiger charge is 2.15. The Morgan fingerprint density at radius 1 is 1.11 bits per heavy atom. The number of carbonyl (C=O) groups excluding carboxylic acids is 1. The minimum absolute atomic E-state index is 0.122. The Kier molecular flexibility index (Phi) is 5.19. The first-order valence-corrected chi connectivity index (χ1v) is 9.68. The van der Waals surface area contributed by atoms with Gasteiger partial charge in [-0.05, 0) is 43.2 Å². The van der Waals surface area contributed by atoms with Crippen LogP contribution >= 0.6 is 0 Å². The fourth-order valence-corrected chi connectivity index (χ4v) is 3.77. The number of methoxy groups -OCH3 is 2. The van der Waals surface area contributed by atoms with Crippen molar-refractivity contribution in [2.75, 3.05) is 14.2 Å². The third kappa shape index (κ3) is 3.54. The lowest BCUT2D eigenvalue weighted by Gasteiger charge is -2.11. The van der Waals surface area contributed by atoms with Gasteiger partial charge in [-0.3, -0.25) is 4.79 Å². The predicted molar refractivity (Wildman–Crippen MR) is 108 cm³/mol. The molecular formula is C22H25N3O3. The van der Waals surface area contributed by atoms with E-state index in [2.05, 4.69) is 9.88 Å². The Bertz CT molecular complexity index is 1010. The van der Waals surface area contributed by atoms with Crippen molar-refractivity contribution in [3.63, 3.8) is 0 Å². The molecular weight excluding hydrogens is 354 g/mol. The maximum atomic E-state index is 12.7. The number of nitrogens with zero attached hydrogens (tertiary/aromatic N) is 2. The smallest absolute Gasteiger partial charge is 0.251 e. The summed E-state index contributed by atoms with van der Waals surface area (Å²) in [6.45, 7) is 1.39. The molecule has 1 aromatic heterocycles. The van der Waals surface area contributed by atoms with Crippen LogP contribution in [0.25, 0.3) is 11.0 Å². The zero-order valence-corrected chi connectivity index (χ0v) is 16.3. The molecule has 0 unspecified atom stereocenters. The largest absolute Gasteiger partial charge is 0.497 e. The molecule has 1 aliphatic rings. The summed E-state index contributed by atoms with van der Waals surface area (Å²) in [6.07, 6.45) is 4.62. The van der Waals surface area contributed by atoms with Gasteiger partial charge in [0.05, 0.1) is 25.3 Å². The zero-order chi connectivity index (χ0) is 19.5. The minimum Gasteiger partial charge on any atom is -0.497 e. The van der Waals surface area contributed by atoms with Crippen LogP contribution in [0.15, 0.2) is 36.4 Å². The molecule has 28 heavy (non-hydrogen) atoms. The van der Waals surface area contributed by atoms with Crippen LogP contribution in [-0.4, -0.2) is 29.7 Å². The molecule has 0 bridgehead atoms. The van der Waals surface area contributed by atoms with Gasteiger partial charge in [-0.2, -0.15) is 0 Å². The summed E-state index contributed by atoms with van der Waals surface area (Å²) >= 11 is 0. The third-order valence-electron chi connectivity index (χ3n) is 5.31. The Balaban J connectivity index is 1.51. The van der Waals surface area contributed by atoms with Crippen molar-refractivity contribution in [1.82, 2.24) is 14.9 Å². The third-order valence-corrected chi connectivity index (χ3v) is 5.31. The van der Waals surface area contributed by atoms with Gasteiger partial charge in [0.15, 0.2) is 0 Å². The second-order valence-corrected chi connectivity index (χ2v) is 7.05. The van der Waals surface area contributed by atoms with E-state index in [0.29, 0.717) is 17.9 Å². The van der Waals surface area contributed by atoms with Crippen molar-refractivity contribution in [3.8, 4) is 11.5 Å². The van der Waals surface area contributed by atoms with Gasteiger partial charge in [0.25, 0.3) is 5.91 Å². The first kappa shape index (κ1) is 18.3. The number of ether oxygens (including phenoxy) is 2. The molecule has 0 radical (unpaired) electrons. The lowest BCUT2D eigenvalue weighted by atomic mass is 10.1. The Morgan fingerprint density at radius 3 is 2.82 bits per heavy atom. The second-order valence-electron chi connectivity index (χ2n) is 7.05. The van der Waals surface area contributed by atoms with Crippen LogP contribution < -0.4 is 14.8 Å². The van der Waals surface area contributed by atoms with E-state index >= 15 is 0 Å². The zero-order valence-electron chi connectivity index (χ0n) is 16.3. The van der Waals surface area contributed by atoms with Gasteiger partial charge in [0.1, 0.15) is 17.3 Å². The molecule has 0 atom stereocenters. The number of hydrogen-bond acceptors (Lipinski definition) is 4. The fourth-order valence-electron chi connectivity index (χ4n) is 3.77. The average Bonchev–Trinajstić information content (AvgIpc) is 2.91. The molecule has 0 saturated carbocycles. The number of rotatable bonds is 5. The van der Waals surface area contributed by atoms with Crippen molar-refractivity contribution in [2.45, 2.75) is 38.8 Å². The van der Waals surface area contributed by atoms with Gasteiger partial charge < -0.3 is 19.4 Å². The van der Waals surface area contributed by atoms with Crippen molar-refractivity contribution >= 4 is 16.9 Å². The monoisotopic (exact) mass is 379 g/mol. The van der Waals surface area contributed by atoms with Crippen LogP contribution in [-0.2, 0) is 19.5 Å². The Labute approximate surface area is 164 Å². The molecule has 0 saturated heterocycles. The molecule has 1 amide bonds. The lowest BCUT2D eigenvalue weighted by molar-refractivity contribution is 0.0951. The summed E-state index contributed by atoms with van der Waals surface area (Å²) in [6, 6.07) is 11.3. The van der Waals surface area contributed by atoms with Crippen LogP contribution in [0.3, 0.4) is 0 Å². The number of amides is 1. The highest BCUT2D eigenvalue weighted by atomic mass is 16.5. The van der Waals surface area contributed by atoms with Gasteiger partial charge in [0, 0.05) is 36.7 Å². The maximum absolute atomic E-state index is 12.7. The number of carbonyl (C=O) groups is 1. The van der Waals surface area contributed by atoms with Crippen LogP contribution in [0, 0.1) is 0 Å². The molecule has 1 aliphatic heterocycles. The molecule has 1 N–H and O–H groups in total. The minimum atomic E-state index is -0.122. The van der Waals surface area contributed by atoms with Crippen LogP contribution in [0.2, 0.25) is 0 Å². The van der Waals surface area contributed by atoms with E-state index in [1.54, 1.807) is 14.2 Å². The highest BCUT2D eigenvalue weighted by molar-refractivity contribution is 5.97. The molecule has 146 valence electrons. The van der Waals surface area contributed by atoms with Gasteiger partial charge in [-0.1, -0.05) is 6.42 Å². The van der Waals surface area contributed by atoms with Crippen molar-refractivity contribution in [1.29, 1.82) is 0 Å². The summed E-state index contributed by atoms with van der Waals surface area (Å²) in [7, 11) is 3.22. The number of aryl methyl sites for hydroxylation is 2. The average molecular weight is 379 g/mol. The van der Waals surface area contributed by atoms with E-state index in [-0.39, 0.29) is 5.91 Å². The molecule has 6 nitrogen and oxygen atoms in total. The Hall–Kier alpha value is -3.02.